The van der Waals surface area contributed by atoms with Crippen LogP contribution in [0.3, 0.4) is 0 Å². The van der Waals surface area contributed by atoms with Gasteiger partial charge in [0, 0.05) is 23.6 Å². The minimum atomic E-state index is -3.54. The standard InChI is InChI=1S/C16H23BrN2O4S/c1-12(2)11-23-16(20)19-9-7-14(8-10-19)18-24(21,22)15-5-3-13(17)4-6-15/h3-6,12,14,18H,7-11H2,1-2H3. The Morgan fingerprint density at radius 1 is 1.29 bits per heavy atom. The van der Waals surface area contributed by atoms with E-state index in [0.29, 0.717) is 38.5 Å². The zero-order valence-electron chi connectivity index (χ0n) is 13.9. The molecule has 1 saturated heterocycles. The molecule has 1 amide bonds. The van der Waals surface area contributed by atoms with Gasteiger partial charge in [0.05, 0.1) is 11.5 Å². The smallest absolute Gasteiger partial charge is 0.409 e. The molecule has 1 aliphatic heterocycles. The number of nitrogens with zero attached hydrogens (tertiary/aromatic N) is 1. The molecular formula is C16H23BrN2O4S. The molecule has 1 aromatic carbocycles. The summed E-state index contributed by atoms with van der Waals surface area (Å²) >= 11 is 3.29. The van der Waals surface area contributed by atoms with Gasteiger partial charge in [-0.25, -0.2) is 17.9 Å². The van der Waals surface area contributed by atoms with Crippen molar-refractivity contribution in [3.05, 3.63) is 28.7 Å². The highest BCUT2D eigenvalue weighted by molar-refractivity contribution is 9.10. The molecule has 0 aliphatic carbocycles. The van der Waals surface area contributed by atoms with Crippen molar-refractivity contribution in [1.82, 2.24) is 9.62 Å². The van der Waals surface area contributed by atoms with Crippen LogP contribution in [0.15, 0.2) is 33.6 Å². The second-order valence-electron chi connectivity index (χ2n) is 6.31. The first-order valence-corrected chi connectivity index (χ1v) is 10.2. The summed E-state index contributed by atoms with van der Waals surface area (Å²) in [5.41, 5.74) is 0. The molecule has 8 heteroatoms. The average Bonchev–Trinajstić information content (AvgIpc) is 2.53. The van der Waals surface area contributed by atoms with Gasteiger partial charge in [0.1, 0.15) is 0 Å². The number of hydrogen-bond donors (Lipinski definition) is 1. The summed E-state index contributed by atoms with van der Waals surface area (Å²) in [7, 11) is -3.54. The van der Waals surface area contributed by atoms with Crippen LogP contribution in [0, 0.1) is 5.92 Å². The molecule has 0 bridgehead atoms. The summed E-state index contributed by atoms with van der Waals surface area (Å²) in [5.74, 6) is 0.296. The van der Waals surface area contributed by atoms with E-state index in [0.717, 1.165) is 4.47 Å². The lowest BCUT2D eigenvalue weighted by Gasteiger charge is -2.31. The maximum Gasteiger partial charge on any atom is 0.409 e. The predicted octanol–water partition coefficient (Wildman–Crippen LogP) is 2.98. The summed E-state index contributed by atoms with van der Waals surface area (Å²) in [6.45, 7) is 5.34. The zero-order valence-corrected chi connectivity index (χ0v) is 16.3. The number of amides is 1. The number of likely N-dealkylation sites (tertiary alicyclic amines) is 1. The van der Waals surface area contributed by atoms with Gasteiger partial charge in [-0.05, 0) is 43.0 Å². The van der Waals surface area contributed by atoms with Crippen molar-refractivity contribution in [2.75, 3.05) is 19.7 Å². The van der Waals surface area contributed by atoms with E-state index in [-0.39, 0.29) is 17.0 Å². The fourth-order valence-corrected chi connectivity index (χ4v) is 3.98. The van der Waals surface area contributed by atoms with E-state index in [9.17, 15) is 13.2 Å². The molecule has 2 rings (SSSR count). The lowest BCUT2D eigenvalue weighted by atomic mass is 10.1. The third-order valence-electron chi connectivity index (χ3n) is 3.74. The average molecular weight is 419 g/mol. The van der Waals surface area contributed by atoms with E-state index in [1.807, 2.05) is 13.8 Å². The fourth-order valence-electron chi connectivity index (χ4n) is 2.41. The van der Waals surface area contributed by atoms with Crippen molar-refractivity contribution >= 4 is 32.0 Å². The first kappa shape index (κ1) is 19.2. The highest BCUT2D eigenvalue weighted by Gasteiger charge is 2.27. The van der Waals surface area contributed by atoms with E-state index in [2.05, 4.69) is 20.7 Å². The van der Waals surface area contributed by atoms with Crippen LogP contribution < -0.4 is 4.72 Å². The quantitative estimate of drug-likeness (QED) is 0.796. The van der Waals surface area contributed by atoms with Gasteiger partial charge in [-0.15, -0.1) is 0 Å². The largest absolute Gasteiger partial charge is 0.449 e. The van der Waals surface area contributed by atoms with Crippen LogP contribution in [-0.4, -0.2) is 45.1 Å². The highest BCUT2D eigenvalue weighted by atomic mass is 79.9. The van der Waals surface area contributed by atoms with Crippen molar-refractivity contribution < 1.29 is 17.9 Å². The molecular weight excluding hydrogens is 396 g/mol. The van der Waals surface area contributed by atoms with Crippen molar-refractivity contribution in [1.29, 1.82) is 0 Å². The molecule has 24 heavy (non-hydrogen) atoms. The van der Waals surface area contributed by atoms with Gasteiger partial charge in [0.2, 0.25) is 10.0 Å². The molecule has 1 aliphatic rings. The van der Waals surface area contributed by atoms with E-state index in [4.69, 9.17) is 4.74 Å². The molecule has 0 unspecified atom stereocenters. The molecule has 0 aromatic heterocycles. The Morgan fingerprint density at radius 3 is 2.42 bits per heavy atom. The Balaban J connectivity index is 1.86. The van der Waals surface area contributed by atoms with Crippen molar-refractivity contribution in [3.63, 3.8) is 0 Å². The number of sulfonamides is 1. The minimum absolute atomic E-state index is 0.173. The minimum Gasteiger partial charge on any atom is -0.449 e. The van der Waals surface area contributed by atoms with Crippen LogP contribution in [0.5, 0.6) is 0 Å². The van der Waals surface area contributed by atoms with Gasteiger partial charge in [0.15, 0.2) is 0 Å². The van der Waals surface area contributed by atoms with Crippen LogP contribution in [0.4, 0.5) is 4.79 Å². The van der Waals surface area contributed by atoms with Crippen LogP contribution in [-0.2, 0) is 14.8 Å². The lowest BCUT2D eigenvalue weighted by molar-refractivity contribution is 0.0830. The summed E-state index contributed by atoms with van der Waals surface area (Å²) in [6, 6.07) is 6.34. The van der Waals surface area contributed by atoms with E-state index in [1.54, 1.807) is 29.2 Å². The number of halogens is 1. The van der Waals surface area contributed by atoms with Gasteiger partial charge in [-0.2, -0.15) is 0 Å². The number of ether oxygens (including phenoxy) is 1. The maximum absolute atomic E-state index is 12.4. The summed E-state index contributed by atoms with van der Waals surface area (Å²) in [4.78, 5) is 13.8. The van der Waals surface area contributed by atoms with Crippen LogP contribution >= 0.6 is 15.9 Å². The number of piperidine rings is 1. The molecule has 1 N–H and O–H groups in total. The number of hydrogen-bond acceptors (Lipinski definition) is 4. The van der Waals surface area contributed by atoms with Gasteiger partial charge >= 0.3 is 6.09 Å². The normalized spacial score (nSPS) is 16.4. The van der Waals surface area contributed by atoms with E-state index < -0.39 is 10.0 Å². The fraction of sp³-hybridized carbons (Fsp3) is 0.562. The van der Waals surface area contributed by atoms with Gasteiger partial charge in [0.25, 0.3) is 0 Å². The Labute approximate surface area is 151 Å². The number of carbonyl (C=O) groups is 1. The Hall–Kier alpha value is -1.12. The maximum atomic E-state index is 12.4. The molecule has 0 atom stereocenters. The predicted molar refractivity (Wildman–Crippen MR) is 95.2 cm³/mol. The SMILES string of the molecule is CC(C)COC(=O)N1CCC(NS(=O)(=O)c2ccc(Br)cc2)CC1. The first-order chi connectivity index (χ1) is 11.3. The molecule has 0 radical (unpaired) electrons. The second-order valence-corrected chi connectivity index (χ2v) is 8.94. The third kappa shape index (κ3) is 5.46. The number of rotatable bonds is 5. The van der Waals surface area contributed by atoms with Crippen molar-refractivity contribution in [2.45, 2.75) is 37.6 Å². The van der Waals surface area contributed by atoms with Gasteiger partial charge in [-0.1, -0.05) is 29.8 Å². The van der Waals surface area contributed by atoms with Crippen LogP contribution in [0.1, 0.15) is 26.7 Å². The molecule has 1 heterocycles. The van der Waals surface area contributed by atoms with Gasteiger partial charge in [-0.3, -0.25) is 0 Å². The molecule has 1 fully saturated rings. The lowest BCUT2D eigenvalue weighted by Crippen LogP contribution is -2.46. The summed E-state index contributed by atoms with van der Waals surface area (Å²) < 4.78 is 33.5. The Morgan fingerprint density at radius 2 is 1.88 bits per heavy atom. The second kappa shape index (κ2) is 8.31. The molecule has 1 aromatic rings. The third-order valence-corrected chi connectivity index (χ3v) is 5.80. The molecule has 134 valence electrons. The Bertz CT molecular complexity index is 653. The molecule has 0 saturated carbocycles. The van der Waals surface area contributed by atoms with Crippen LogP contribution in [0.2, 0.25) is 0 Å². The number of nitrogens with one attached hydrogen (secondary N) is 1. The number of benzene rings is 1. The molecule has 6 nitrogen and oxygen atoms in total. The molecule has 0 spiro atoms. The topological polar surface area (TPSA) is 75.7 Å². The Kier molecular flexibility index (Phi) is 6.65. The van der Waals surface area contributed by atoms with Gasteiger partial charge < -0.3 is 9.64 Å². The van der Waals surface area contributed by atoms with Crippen molar-refractivity contribution in [2.24, 2.45) is 5.92 Å². The van der Waals surface area contributed by atoms with E-state index >= 15 is 0 Å². The number of carbonyl (C=O) groups excluding carboxylic acids is 1. The highest BCUT2D eigenvalue weighted by Crippen LogP contribution is 2.18. The zero-order chi connectivity index (χ0) is 17.7. The summed E-state index contributed by atoms with van der Waals surface area (Å²) in [5, 5.41) is 0. The van der Waals surface area contributed by atoms with Crippen LogP contribution in [0.25, 0.3) is 0 Å². The first-order valence-electron chi connectivity index (χ1n) is 7.97. The monoisotopic (exact) mass is 418 g/mol. The summed E-state index contributed by atoms with van der Waals surface area (Å²) in [6.07, 6.45) is 0.830. The van der Waals surface area contributed by atoms with E-state index in [1.165, 1.54) is 0 Å². The van der Waals surface area contributed by atoms with Crippen molar-refractivity contribution in [3.8, 4) is 0 Å².